The Morgan fingerprint density at radius 3 is 0.958 bits per heavy atom. The van der Waals surface area contributed by atoms with Gasteiger partial charge in [-0.2, -0.15) is 0 Å². The van der Waals surface area contributed by atoms with Gasteiger partial charge in [0.1, 0.15) is 13.1 Å². The summed E-state index contributed by atoms with van der Waals surface area (Å²) < 4.78 is 8.81. The molecule has 0 bridgehead atoms. The lowest BCUT2D eigenvalue weighted by Gasteiger charge is -2.33. The molecule has 3 aliphatic rings. The van der Waals surface area contributed by atoms with E-state index in [4.69, 9.17) is 4.74 Å². The Balaban J connectivity index is 0.000000325. The number of hydrogen-bond acceptors (Lipinski definition) is 1. The minimum absolute atomic E-state index is 0. The summed E-state index contributed by atoms with van der Waals surface area (Å²) >= 11 is 0. The smallest absolute Gasteiger partial charge is 0.102 e. The maximum atomic E-state index is 5.19. The molecule has 0 radical (unpaired) electrons. The van der Waals surface area contributed by atoms with Crippen molar-refractivity contribution in [1.82, 2.24) is 0 Å². The molecule has 24 heavy (non-hydrogen) atoms. The Kier molecular flexibility index (Phi) is 10.7. The molecule has 146 valence electrons. The van der Waals surface area contributed by atoms with Crippen molar-refractivity contribution in [1.29, 1.82) is 0 Å². The molecule has 4 heteroatoms. The molecule has 0 aromatic heterocycles. The van der Waals surface area contributed by atoms with Crippen LogP contribution >= 0.6 is 0 Å². The highest BCUT2D eigenvalue weighted by Gasteiger charge is 2.20. The van der Waals surface area contributed by atoms with Gasteiger partial charge in [0, 0.05) is 12.8 Å². The zero-order valence-corrected chi connectivity index (χ0v) is 16.9. The van der Waals surface area contributed by atoms with Crippen LogP contribution in [0, 0.1) is 0 Å². The van der Waals surface area contributed by atoms with E-state index in [1.807, 2.05) is 0 Å². The molecule has 3 aliphatic heterocycles. The van der Waals surface area contributed by atoms with Crippen molar-refractivity contribution in [2.45, 2.75) is 39.5 Å². The average molecular weight is 347 g/mol. The van der Waals surface area contributed by atoms with Gasteiger partial charge in [-0.05, 0) is 19.3 Å². The van der Waals surface area contributed by atoms with Gasteiger partial charge in [-0.3, -0.25) is 0 Å². The van der Waals surface area contributed by atoms with Crippen LogP contribution < -0.4 is 0 Å². The summed E-state index contributed by atoms with van der Waals surface area (Å²) in [7, 11) is 13.7. The minimum Gasteiger partial charge on any atom is -0.370 e. The predicted molar refractivity (Wildman–Crippen MR) is 106 cm³/mol. The summed E-state index contributed by atoms with van der Waals surface area (Å²) in [5.74, 6) is 0. The van der Waals surface area contributed by atoms with Gasteiger partial charge in [0.2, 0.25) is 0 Å². The highest BCUT2D eigenvalue weighted by Crippen LogP contribution is 2.12. The van der Waals surface area contributed by atoms with Gasteiger partial charge in [-0.25, -0.2) is 0 Å². The number of ether oxygens (including phenoxy) is 1. The van der Waals surface area contributed by atoms with Crippen molar-refractivity contribution in [2.75, 3.05) is 94.8 Å². The van der Waals surface area contributed by atoms with Gasteiger partial charge in [-0.15, -0.1) is 0 Å². The molecule has 0 unspecified atom stereocenters. The van der Waals surface area contributed by atoms with Crippen LogP contribution in [0.2, 0.25) is 0 Å². The molecule has 0 aromatic rings. The maximum Gasteiger partial charge on any atom is 0.102 e. The van der Waals surface area contributed by atoms with Crippen LogP contribution in [0.5, 0.6) is 0 Å². The minimum atomic E-state index is 0. The highest BCUT2D eigenvalue weighted by molar-refractivity contribution is 4.48. The Morgan fingerprint density at radius 1 is 0.458 bits per heavy atom. The van der Waals surface area contributed by atoms with Gasteiger partial charge in [0.15, 0.2) is 0 Å². The summed E-state index contributed by atoms with van der Waals surface area (Å²) in [5, 5.41) is 0. The number of rotatable bonds is 0. The van der Waals surface area contributed by atoms with Crippen molar-refractivity contribution in [3.8, 4) is 0 Å². The third-order valence-corrected chi connectivity index (χ3v) is 5.49. The van der Waals surface area contributed by atoms with Crippen molar-refractivity contribution in [3.63, 3.8) is 0 Å². The van der Waals surface area contributed by atoms with Crippen LogP contribution in [-0.2, 0) is 4.74 Å². The molecule has 0 atom stereocenters. The monoisotopic (exact) mass is 346 g/mol. The Morgan fingerprint density at radius 2 is 0.750 bits per heavy atom. The lowest BCUT2D eigenvalue weighted by atomic mass is 10.1. The van der Waals surface area contributed by atoms with Gasteiger partial charge in [-0.1, -0.05) is 7.43 Å². The van der Waals surface area contributed by atoms with Crippen LogP contribution in [0.15, 0.2) is 0 Å². The third-order valence-electron chi connectivity index (χ3n) is 5.49. The second-order valence-corrected chi connectivity index (χ2v) is 9.53. The molecule has 3 heterocycles. The fourth-order valence-electron chi connectivity index (χ4n) is 3.40. The van der Waals surface area contributed by atoms with E-state index in [-0.39, 0.29) is 7.43 Å². The normalized spacial score (nSPS) is 26.8. The summed E-state index contributed by atoms with van der Waals surface area (Å²) in [5.41, 5.74) is 0. The van der Waals surface area contributed by atoms with E-state index in [0.717, 1.165) is 17.7 Å². The molecule has 0 amide bonds. The number of quaternary nitrogens is 3. The zero-order chi connectivity index (χ0) is 17.4. The molecule has 0 aliphatic carbocycles. The number of piperidine rings is 1. The van der Waals surface area contributed by atoms with Crippen molar-refractivity contribution in [3.05, 3.63) is 0 Å². The topological polar surface area (TPSA) is 9.23 Å². The Labute approximate surface area is 153 Å². The van der Waals surface area contributed by atoms with E-state index in [2.05, 4.69) is 42.3 Å². The number of likely N-dealkylation sites (tertiary alicyclic amines) is 2. The summed E-state index contributed by atoms with van der Waals surface area (Å²) in [6, 6.07) is 0. The molecule has 3 fully saturated rings. The van der Waals surface area contributed by atoms with E-state index < -0.39 is 0 Å². The van der Waals surface area contributed by atoms with Gasteiger partial charge in [0.25, 0.3) is 0 Å². The van der Waals surface area contributed by atoms with Crippen molar-refractivity contribution in [2.24, 2.45) is 0 Å². The molecular formula is C20H48N3O+3. The van der Waals surface area contributed by atoms with Gasteiger partial charge < -0.3 is 18.2 Å². The summed E-state index contributed by atoms with van der Waals surface area (Å²) in [6.45, 7) is 9.76. The molecule has 0 aromatic carbocycles. The van der Waals surface area contributed by atoms with Crippen molar-refractivity contribution >= 4 is 0 Å². The molecule has 0 spiro atoms. The molecular weight excluding hydrogens is 298 g/mol. The zero-order valence-electron chi connectivity index (χ0n) is 16.9. The van der Waals surface area contributed by atoms with E-state index in [1.54, 1.807) is 0 Å². The second kappa shape index (κ2) is 10.7. The number of hydrogen-bond donors (Lipinski definition) is 0. The van der Waals surface area contributed by atoms with E-state index in [0.29, 0.717) is 0 Å². The largest absolute Gasteiger partial charge is 0.370 e. The van der Waals surface area contributed by atoms with Crippen LogP contribution in [0.25, 0.3) is 0 Å². The number of nitrogens with zero attached hydrogens (tertiary/aromatic N) is 3. The first kappa shape index (κ1) is 23.8. The number of morpholine rings is 1. The quantitative estimate of drug-likeness (QED) is 0.613. The lowest BCUT2D eigenvalue weighted by Crippen LogP contribution is -2.48. The first-order chi connectivity index (χ1) is 10.6. The highest BCUT2D eigenvalue weighted by atomic mass is 16.5. The summed E-state index contributed by atoms with van der Waals surface area (Å²) in [4.78, 5) is 0. The fraction of sp³-hybridized carbons (Fsp3) is 1.00. The Bertz CT molecular complexity index is 281. The van der Waals surface area contributed by atoms with Gasteiger partial charge >= 0.3 is 0 Å². The maximum absolute atomic E-state index is 5.19. The number of likely N-dealkylation sites (N-methyl/N-ethyl adjacent to an activating group) is 1. The van der Waals surface area contributed by atoms with E-state index >= 15 is 0 Å². The second-order valence-electron chi connectivity index (χ2n) is 9.53. The van der Waals surface area contributed by atoms with E-state index in [1.165, 1.54) is 80.3 Å². The SMILES string of the molecule is C.C[N+]1(C)CCCC1.C[N+]1(C)CCCCC1.C[N+]1(C)CCOCC1. The first-order valence-corrected chi connectivity index (χ1v) is 9.66. The molecule has 0 saturated carbocycles. The van der Waals surface area contributed by atoms with Gasteiger partial charge in [0.05, 0.1) is 81.7 Å². The fourth-order valence-corrected chi connectivity index (χ4v) is 3.40. The Hall–Kier alpha value is -0.160. The average Bonchev–Trinajstić information content (AvgIpc) is 2.84. The summed E-state index contributed by atoms with van der Waals surface area (Å²) in [6.07, 6.45) is 7.21. The molecule has 3 saturated heterocycles. The lowest BCUT2D eigenvalue weighted by molar-refractivity contribution is -0.898. The predicted octanol–water partition coefficient (Wildman–Crippen LogP) is 2.83. The first-order valence-electron chi connectivity index (χ1n) is 9.66. The third kappa shape index (κ3) is 11.4. The van der Waals surface area contributed by atoms with Crippen LogP contribution in [0.1, 0.15) is 39.5 Å². The molecule has 0 N–H and O–H groups in total. The molecule has 4 nitrogen and oxygen atoms in total. The van der Waals surface area contributed by atoms with E-state index in [9.17, 15) is 0 Å². The molecule has 3 rings (SSSR count). The van der Waals surface area contributed by atoms with Crippen LogP contribution in [-0.4, -0.2) is 108 Å². The van der Waals surface area contributed by atoms with Crippen molar-refractivity contribution < 1.29 is 18.2 Å². The van der Waals surface area contributed by atoms with Crippen LogP contribution in [0.3, 0.4) is 0 Å². The standard InChI is InChI=1S/C7H16N.C6H14NO.C6H14N.CH4/c1-8(2)6-4-3-5-7-8;1-7(2)3-5-8-6-4-7;1-7(2)5-3-4-6-7;/h3-7H2,1-2H3;3-6H2,1-2H3;3-6H2,1-2H3;1H4/q3*+1;. The van der Waals surface area contributed by atoms with Crippen LogP contribution in [0.4, 0.5) is 0 Å².